The molecule has 0 aliphatic heterocycles. The number of ether oxygens (including phenoxy) is 2. The van der Waals surface area contributed by atoms with Gasteiger partial charge in [-0.2, -0.15) is 0 Å². The molecule has 0 N–H and O–H groups in total. The van der Waals surface area contributed by atoms with Crippen molar-refractivity contribution >= 4 is 23.5 Å². The van der Waals surface area contributed by atoms with Crippen molar-refractivity contribution in [3.05, 3.63) is 0 Å². The minimum absolute atomic E-state index is 0.107. The molecule has 5 heteroatoms. The second-order valence-electron chi connectivity index (χ2n) is 5.93. The number of esters is 2. The monoisotopic (exact) mass is 334 g/mol. The van der Waals surface area contributed by atoms with Crippen LogP contribution < -0.4 is 0 Å². The molecule has 0 saturated carbocycles. The maximum Gasteiger partial charge on any atom is 0.306 e. The molecule has 0 bridgehead atoms. The standard InChI is InChI=1S/C17H31ClO4/c1-15(2)11-14-22-17(20)10-9-16(19)21-13-8-6-4-3-5-7-12-18/h15H,3-14H2,1-2H3. The second kappa shape index (κ2) is 15.1. The van der Waals surface area contributed by atoms with Crippen molar-refractivity contribution in [1.82, 2.24) is 0 Å². The predicted molar refractivity (Wildman–Crippen MR) is 89.0 cm³/mol. The fourth-order valence-corrected chi connectivity index (χ4v) is 2.04. The van der Waals surface area contributed by atoms with Gasteiger partial charge in [-0.15, -0.1) is 11.6 Å². The molecule has 0 atom stereocenters. The Morgan fingerprint density at radius 1 is 0.818 bits per heavy atom. The lowest BCUT2D eigenvalue weighted by atomic mass is 10.1. The van der Waals surface area contributed by atoms with Gasteiger partial charge in [0.1, 0.15) is 0 Å². The highest BCUT2D eigenvalue weighted by atomic mass is 35.5. The van der Waals surface area contributed by atoms with E-state index in [0.29, 0.717) is 19.1 Å². The van der Waals surface area contributed by atoms with Crippen molar-refractivity contribution in [1.29, 1.82) is 0 Å². The Kier molecular flexibility index (Phi) is 14.6. The third-order valence-corrected chi connectivity index (χ3v) is 3.55. The highest BCUT2D eigenvalue weighted by Crippen LogP contribution is 2.07. The number of hydrogen-bond acceptors (Lipinski definition) is 4. The van der Waals surface area contributed by atoms with Crippen LogP contribution >= 0.6 is 11.6 Å². The molecule has 0 radical (unpaired) electrons. The number of carbonyl (C=O) groups excluding carboxylic acids is 2. The molecular weight excluding hydrogens is 304 g/mol. The zero-order valence-electron chi connectivity index (χ0n) is 14.1. The van der Waals surface area contributed by atoms with Crippen molar-refractivity contribution < 1.29 is 19.1 Å². The first kappa shape index (κ1) is 21.2. The molecule has 22 heavy (non-hydrogen) atoms. The number of hydrogen-bond donors (Lipinski definition) is 0. The molecule has 0 amide bonds. The van der Waals surface area contributed by atoms with Crippen LogP contribution in [0.25, 0.3) is 0 Å². The Bertz CT molecular complexity index is 292. The largest absolute Gasteiger partial charge is 0.466 e. The summed E-state index contributed by atoms with van der Waals surface area (Å²) in [5, 5.41) is 0. The molecular formula is C17H31ClO4. The van der Waals surface area contributed by atoms with Crippen LogP contribution in [0.4, 0.5) is 0 Å². The van der Waals surface area contributed by atoms with E-state index in [0.717, 1.165) is 38.0 Å². The number of carbonyl (C=O) groups is 2. The van der Waals surface area contributed by atoms with Crippen molar-refractivity contribution in [2.45, 2.75) is 71.6 Å². The van der Waals surface area contributed by atoms with Crippen molar-refractivity contribution in [3.63, 3.8) is 0 Å². The molecule has 0 aliphatic rings. The van der Waals surface area contributed by atoms with Crippen LogP contribution in [0.5, 0.6) is 0 Å². The van der Waals surface area contributed by atoms with E-state index < -0.39 is 0 Å². The van der Waals surface area contributed by atoms with Crippen molar-refractivity contribution in [2.75, 3.05) is 19.1 Å². The third kappa shape index (κ3) is 15.6. The zero-order chi connectivity index (χ0) is 16.6. The molecule has 0 aromatic rings. The number of halogens is 1. The number of rotatable bonds is 14. The SMILES string of the molecule is CC(C)CCOC(=O)CCC(=O)OCCCCCCCCCl. The van der Waals surface area contributed by atoms with Crippen LogP contribution in [-0.4, -0.2) is 31.0 Å². The normalized spacial score (nSPS) is 10.7. The fraction of sp³-hybridized carbons (Fsp3) is 0.882. The van der Waals surface area contributed by atoms with E-state index in [2.05, 4.69) is 13.8 Å². The van der Waals surface area contributed by atoms with Crippen LogP contribution in [0.3, 0.4) is 0 Å². The molecule has 0 rings (SSSR count). The average molecular weight is 335 g/mol. The maximum absolute atomic E-state index is 11.5. The molecule has 4 nitrogen and oxygen atoms in total. The molecule has 0 aromatic carbocycles. The highest BCUT2D eigenvalue weighted by Gasteiger charge is 2.09. The van der Waals surface area contributed by atoms with Gasteiger partial charge in [-0.25, -0.2) is 0 Å². The molecule has 0 spiro atoms. The summed E-state index contributed by atoms with van der Waals surface area (Å²) in [5.41, 5.74) is 0. The van der Waals surface area contributed by atoms with E-state index in [1.54, 1.807) is 0 Å². The zero-order valence-corrected chi connectivity index (χ0v) is 14.8. The van der Waals surface area contributed by atoms with Crippen LogP contribution in [0.15, 0.2) is 0 Å². The van der Waals surface area contributed by atoms with Crippen molar-refractivity contribution in [3.8, 4) is 0 Å². The van der Waals surface area contributed by atoms with E-state index in [-0.39, 0.29) is 24.8 Å². The Morgan fingerprint density at radius 3 is 1.86 bits per heavy atom. The van der Waals surface area contributed by atoms with Gasteiger partial charge in [0.05, 0.1) is 26.1 Å². The summed E-state index contributed by atoms with van der Waals surface area (Å²) in [6.45, 7) is 5.01. The summed E-state index contributed by atoms with van der Waals surface area (Å²) in [6.07, 6.45) is 7.58. The number of alkyl halides is 1. The predicted octanol–water partition coefficient (Wildman–Crippen LogP) is 4.48. The quantitative estimate of drug-likeness (QED) is 0.267. The van der Waals surface area contributed by atoms with E-state index in [4.69, 9.17) is 21.1 Å². The van der Waals surface area contributed by atoms with Gasteiger partial charge in [-0.1, -0.05) is 39.5 Å². The minimum atomic E-state index is -0.322. The van der Waals surface area contributed by atoms with Gasteiger partial charge in [0.15, 0.2) is 0 Å². The molecule has 0 aromatic heterocycles. The summed E-state index contributed by atoms with van der Waals surface area (Å²) in [5.74, 6) is 0.602. The second-order valence-corrected chi connectivity index (χ2v) is 6.31. The van der Waals surface area contributed by atoms with Crippen LogP contribution in [0, 0.1) is 5.92 Å². The van der Waals surface area contributed by atoms with Crippen LogP contribution in [-0.2, 0) is 19.1 Å². The molecule has 0 saturated heterocycles. The fourth-order valence-electron chi connectivity index (χ4n) is 1.85. The van der Waals surface area contributed by atoms with Gasteiger partial charge < -0.3 is 9.47 Å². The average Bonchev–Trinajstić information content (AvgIpc) is 2.47. The lowest BCUT2D eigenvalue weighted by Gasteiger charge is -2.07. The van der Waals surface area contributed by atoms with E-state index >= 15 is 0 Å². The number of unbranched alkanes of at least 4 members (excludes halogenated alkanes) is 5. The van der Waals surface area contributed by atoms with Gasteiger partial charge in [-0.3, -0.25) is 9.59 Å². The molecule has 0 fully saturated rings. The third-order valence-electron chi connectivity index (χ3n) is 3.28. The lowest BCUT2D eigenvalue weighted by molar-refractivity contribution is -0.150. The smallest absolute Gasteiger partial charge is 0.306 e. The Labute approximate surface area is 139 Å². The van der Waals surface area contributed by atoms with E-state index in [1.807, 2.05) is 0 Å². The van der Waals surface area contributed by atoms with E-state index in [1.165, 1.54) is 12.8 Å². The topological polar surface area (TPSA) is 52.6 Å². The Hall–Kier alpha value is -0.770. The first-order valence-corrected chi connectivity index (χ1v) is 8.97. The summed E-state index contributed by atoms with van der Waals surface area (Å²) in [7, 11) is 0. The molecule has 0 aliphatic carbocycles. The van der Waals surface area contributed by atoms with E-state index in [9.17, 15) is 9.59 Å². The Balaban J connectivity index is 3.37. The van der Waals surface area contributed by atoms with Crippen LogP contribution in [0.2, 0.25) is 0 Å². The van der Waals surface area contributed by atoms with Crippen molar-refractivity contribution in [2.24, 2.45) is 5.92 Å². The Morgan fingerprint density at radius 2 is 1.32 bits per heavy atom. The molecule has 0 heterocycles. The first-order valence-electron chi connectivity index (χ1n) is 8.43. The van der Waals surface area contributed by atoms with Crippen LogP contribution in [0.1, 0.15) is 71.6 Å². The highest BCUT2D eigenvalue weighted by molar-refractivity contribution is 6.17. The lowest BCUT2D eigenvalue weighted by Crippen LogP contribution is -2.12. The summed E-state index contributed by atoms with van der Waals surface area (Å²) < 4.78 is 10.1. The van der Waals surface area contributed by atoms with Gasteiger partial charge in [-0.05, 0) is 25.2 Å². The first-order chi connectivity index (χ1) is 10.6. The van der Waals surface area contributed by atoms with Gasteiger partial charge in [0.2, 0.25) is 0 Å². The van der Waals surface area contributed by atoms with Gasteiger partial charge in [0.25, 0.3) is 0 Å². The minimum Gasteiger partial charge on any atom is -0.466 e. The molecule has 130 valence electrons. The van der Waals surface area contributed by atoms with Gasteiger partial charge in [0, 0.05) is 5.88 Å². The summed E-state index contributed by atoms with van der Waals surface area (Å²) in [4.78, 5) is 22.8. The summed E-state index contributed by atoms with van der Waals surface area (Å²) >= 11 is 5.60. The van der Waals surface area contributed by atoms with Gasteiger partial charge >= 0.3 is 11.9 Å². The summed E-state index contributed by atoms with van der Waals surface area (Å²) in [6, 6.07) is 0. The maximum atomic E-state index is 11.5. The molecule has 0 unspecified atom stereocenters.